The minimum absolute atomic E-state index is 0.165. The fourth-order valence-corrected chi connectivity index (χ4v) is 2.00. The Morgan fingerprint density at radius 3 is 2.44 bits per heavy atom. The van der Waals surface area contributed by atoms with Gasteiger partial charge in [-0.3, -0.25) is 0 Å². The van der Waals surface area contributed by atoms with Crippen molar-refractivity contribution in [2.24, 2.45) is 4.40 Å². The molecule has 0 atom stereocenters. The molecule has 0 spiro atoms. The van der Waals surface area contributed by atoms with Gasteiger partial charge in [-0.1, -0.05) is 18.2 Å². The lowest BCUT2D eigenvalue weighted by Gasteiger charge is -1.96. The maximum absolute atomic E-state index is 11.7. The van der Waals surface area contributed by atoms with E-state index < -0.39 is 10.0 Å². The van der Waals surface area contributed by atoms with E-state index in [4.69, 9.17) is 4.42 Å². The van der Waals surface area contributed by atoms with E-state index in [1.807, 2.05) is 0 Å². The maximum Gasteiger partial charge on any atom is 0.282 e. The van der Waals surface area contributed by atoms with Gasteiger partial charge in [0.2, 0.25) is 0 Å². The van der Waals surface area contributed by atoms with E-state index in [1.165, 1.54) is 24.6 Å². The van der Waals surface area contributed by atoms with Crippen LogP contribution in [0.3, 0.4) is 0 Å². The molecule has 1 heterocycles. The van der Waals surface area contributed by atoms with E-state index in [-0.39, 0.29) is 4.90 Å². The van der Waals surface area contributed by atoms with E-state index >= 15 is 0 Å². The molecular weight excluding hydrogens is 226 g/mol. The van der Waals surface area contributed by atoms with Crippen molar-refractivity contribution in [1.82, 2.24) is 0 Å². The van der Waals surface area contributed by atoms with Gasteiger partial charge in [0.15, 0.2) is 0 Å². The van der Waals surface area contributed by atoms with Gasteiger partial charge in [-0.15, -0.1) is 0 Å². The standard InChI is InChI=1S/C11H9NO3S/c13-16(14,11-6-2-1-3-7-11)12-9-10-5-4-8-15-10/h1-9H. The SMILES string of the molecule is O=S(=O)(N=Cc1ccco1)c1ccccc1. The Balaban J connectivity index is 2.28. The summed E-state index contributed by atoms with van der Waals surface area (Å²) >= 11 is 0. The van der Waals surface area contributed by atoms with Crippen LogP contribution in [0.5, 0.6) is 0 Å². The first-order valence-electron chi connectivity index (χ1n) is 4.57. The molecule has 0 radical (unpaired) electrons. The van der Waals surface area contributed by atoms with Crippen molar-refractivity contribution >= 4 is 16.2 Å². The van der Waals surface area contributed by atoms with Crippen LogP contribution in [0.25, 0.3) is 0 Å². The zero-order chi connectivity index (χ0) is 11.4. The number of rotatable bonds is 3. The van der Waals surface area contributed by atoms with Crippen LogP contribution in [0, 0.1) is 0 Å². The summed E-state index contributed by atoms with van der Waals surface area (Å²) < 4.78 is 31.8. The first-order chi connectivity index (χ1) is 7.68. The quantitative estimate of drug-likeness (QED) is 0.765. The number of benzene rings is 1. The minimum Gasteiger partial charge on any atom is -0.463 e. The molecule has 2 rings (SSSR count). The third-order valence-corrected chi connectivity index (χ3v) is 3.15. The second-order valence-corrected chi connectivity index (χ2v) is 4.67. The van der Waals surface area contributed by atoms with Crippen molar-refractivity contribution in [2.75, 3.05) is 0 Å². The van der Waals surface area contributed by atoms with Crippen LogP contribution in [0.1, 0.15) is 5.76 Å². The number of nitrogens with zero attached hydrogens (tertiary/aromatic N) is 1. The molecule has 1 aromatic heterocycles. The molecule has 4 nitrogen and oxygen atoms in total. The summed E-state index contributed by atoms with van der Waals surface area (Å²) in [6.07, 6.45) is 2.64. The normalized spacial score (nSPS) is 12.0. The van der Waals surface area contributed by atoms with E-state index in [0.29, 0.717) is 5.76 Å². The predicted molar refractivity (Wildman–Crippen MR) is 59.9 cm³/mol. The van der Waals surface area contributed by atoms with Crippen LogP contribution in [0.4, 0.5) is 0 Å². The molecule has 0 N–H and O–H groups in total. The molecule has 0 bridgehead atoms. The molecular formula is C11H9NO3S. The lowest BCUT2D eigenvalue weighted by Crippen LogP contribution is -1.96. The average Bonchev–Trinajstić information content (AvgIpc) is 2.81. The van der Waals surface area contributed by atoms with Crippen molar-refractivity contribution in [3.63, 3.8) is 0 Å². The number of hydrogen-bond donors (Lipinski definition) is 0. The summed E-state index contributed by atoms with van der Waals surface area (Å²) in [7, 11) is -3.63. The first kappa shape index (κ1) is 10.6. The van der Waals surface area contributed by atoms with Gasteiger partial charge in [-0.25, -0.2) is 0 Å². The molecule has 0 fully saturated rings. The fraction of sp³-hybridized carbons (Fsp3) is 0. The van der Waals surface area contributed by atoms with Crippen molar-refractivity contribution in [3.05, 3.63) is 54.5 Å². The van der Waals surface area contributed by atoms with Crippen molar-refractivity contribution in [1.29, 1.82) is 0 Å². The van der Waals surface area contributed by atoms with Gasteiger partial charge in [0, 0.05) is 0 Å². The van der Waals surface area contributed by atoms with E-state index in [2.05, 4.69) is 4.40 Å². The minimum atomic E-state index is -3.63. The number of sulfonamides is 1. The van der Waals surface area contributed by atoms with Gasteiger partial charge in [-0.05, 0) is 24.3 Å². The Labute approximate surface area is 93.3 Å². The molecule has 0 aliphatic carbocycles. The monoisotopic (exact) mass is 235 g/mol. The molecule has 2 aromatic rings. The van der Waals surface area contributed by atoms with Gasteiger partial charge in [0.05, 0.1) is 17.4 Å². The molecule has 0 saturated heterocycles. The molecule has 82 valence electrons. The molecule has 16 heavy (non-hydrogen) atoms. The average molecular weight is 235 g/mol. The summed E-state index contributed by atoms with van der Waals surface area (Å²) in [5.74, 6) is 0.402. The Morgan fingerprint density at radius 1 is 1.06 bits per heavy atom. The highest BCUT2D eigenvalue weighted by Gasteiger charge is 2.10. The van der Waals surface area contributed by atoms with Crippen LogP contribution in [-0.2, 0) is 10.0 Å². The molecule has 0 saturated carbocycles. The van der Waals surface area contributed by atoms with Gasteiger partial charge in [-0.2, -0.15) is 12.8 Å². The van der Waals surface area contributed by atoms with Crippen LogP contribution >= 0.6 is 0 Å². The van der Waals surface area contributed by atoms with Gasteiger partial charge >= 0.3 is 0 Å². The zero-order valence-corrected chi connectivity index (χ0v) is 9.09. The molecule has 5 heteroatoms. The van der Waals surface area contributed by atoms with Gasteiger partial charge in [0.25, 0.3) is 10.0 Å². The molecule has 0 unspecified atom stereocenters. The highest BCUT2D eigenvalue weighted by Crippen LogP contribution is 2.11. The van der Waals surface area contributed by atoms with Crippen LogP contribution in [0.15, 0.2) is 62.4 Å². The number of hydrogen-bond acceptors (Lipinski definition) is 3. The van der Waals surface area contributed by atoms with Crippen molar-refractivity contribution < 1.29 is 12.8 Å². The fourth-order valence-electron chi connectivity index (χ4n) is 1.14. The lowest BCUT2D eigenvalue weighted by molar-refractivity contribution is 0.560. The lowest BCUT2D eigenvalue weighted by atomic mass is 10.4. The molecule has 0 aliphatic heterocycles. The Morgan fingerprint density at radius 2 is 1.81 bits per heavy atom. The van der Waals surface area contributed by atoms with Crippen LogP contribution in [-0.4, -0.2) is 14.6 Å². The summed E-state index contributed by atoms with van der Waals surface area (Å²) in [5, 5.41) is 0. The van der Waals surface area contributed by atoms with Crippen molar-refractivity contribution in [3.8, 4) is 0 Å². The van der Waals surface area contributed by atoms with E-state index in [1.54, 1.807) is 30.3 Å². The molecule has 0 amide bonds. The van der Waals surface area contributed by atoms with Crippen molar-refractivity contribution in [2.45, 2.75) is 4.90 Å². The molecule has 0 aliphatic rings. The predicted octanol–water partition coefficient (Wildman–Crippen LogP) is 2.09. The largest absolute Gasteiger partial charge is 0.463 e. The van der Waals surface area contributed by atoms with Crippen LogP contribution < -0.4 is 0 Å². The Kier molecular flexibility index (Phi) is 2.87. The summed E-state index contributed by atoms with van der Waals surface area (Å²) in [6, 6.07) is 11.3. The maximum atomic E-state index is 11.7. The van der Waals surface area contributed by atoms with Gasteiger partial charge in [0.1, 0.15) is 5.76 Å². The topological polar surface area (TPSA) is 59.6 Å². The highest BCUT2D eigenvalue weighted by molar-refractivity contribution is 7.90. The first-order valence-corrected chi connectivity index (χ1v) is 6.01. The summed E-state index contributed by atoms with van der Waals surface area (Å²) in [4.78, 5) is 0.165. The van der Waals surface area contributed by atoms with Gasteiger partial charge < -0.3 is 4.42 Å². The summed E-state index contributed by atoms with van der Waals surface area (Å²) in [5.41, 5.74) is 0. The smallest absolute Gasteiger partial charge is 0.282 e. The van der Waals surface area contributed by atoms with E-state index in [9.17, 15) is 8.42 Å². The second-order valence-electron chi connectivity index (χ2n) is 3.04. The third kappa shape index (κ3) is 2.38. The summed E-state index contributed by atoms with van der Waals surface area (Å²) in [6.45, 7) is 0. The highest BCUT2D eigenvalue weighted by atomic mass is 32.2. The second kappa shape index (κ2) is 4.32. The third-order valence-electron chi connectivity index (χ3n) is 1.90. The Hall–Kier alpha value is -1.88. The zero-order valence-electron chi connectivity index (χ0n) is 8.28. The number of furan rings is 1. The van der Waals surface area contributed by atoms with Crippen LogP contribution in [0.2, 0.25) is 0 Å². The van der Waals surface area contributed by atoms with E-state index in [0.717, 1.165) is 0 Å². The Bertz CT molecular complexity index is 571. The molecule has 1 aromatic carbocycles.